The summed E-state index contributed by atoms with van der Waals surface area (Å²) >= 11 is 0. The molecule has 4 rings (SSSR count). The molecule has 8 heteroatoms. The van der Waals surface area contributed by atoms with Gasteiger partial charge in [0.2, 0.25) is 15.9 Å². The number of amides is 1. The zero-order chi connectivity index (χ0) is 24.1. The lowest BCUT2D eigenvalue weighted by molar-refractivity contribution is -0.120. The number of hydrogen-bond acceptors (Lipinski definition) is 4. The van der Waals surface area contributed by atoms with E-state index in [4.69, 9.17) is 0 Å². The van der Waals surface area contributed by atoms with E-state index >= 15 is 0 Å². The van der Waals surface area contributed by atoms with E-state index in [0.29, 0.717) is 13.0 Å². The van der Waals surface area contributed by atoms with Crippen LogP contribution in [0.4, 0.5) is 0 Å². The molecule has 0 spiro atoms. The van der Waals surface area contributed by atoms with E-state index in [1.807, 2.05) is 73.1 Å². The number of nitrogens with zero attached hydrogens (tertiary/aromatic N) is 2. The molecule has 1 aromatic heterocycles. The van der Waals surface area contributed by atoms with Crippen molar-refractivity contribution in [1.29, 1.82) is 0 Å². The lowest BCUT2D eigenvalue weighted by atomic mass is 10.1. The van der Waals surface area contributed by atoms with Gasteiger partial charge in [-0.05, 0) is 66.9 Å². The summed E-state index contributed by atoms with van der Waals surface area (Å²) in [5.41, 5.74) is 4.15. The highest BCUT2D eigenvalue weighted by Crippen LogP contribution is 2.19. The lowest BCUT2D eigenvalue weighted by Gasteiger charge is -2.09. The topological polar surface area (TPSA) is 93.1 Å². The zero-order valence-electron chi connectivity index (χ0n) is 19.3. The van der Waals surface area contributed by atoms with Crippen LogP contribution in [0.3, 0.4) is 0 Å². The number of carbonyl (C=O) groups is 1. The van der Waals surface area contributed by atoms with Crippen molar-refractivity contribution in [3.63, 3.8) is 0 Å². The Morgan fingerprint density at radius 3 is 2.35 bits per heavy atom. The van der Waals surface area contributed by atoms with Crippen molar-refractivity contribution in [1.82, 2.24) is 19.8 Å². The fourth-order valence-electron chi connectivity index (χ4n) is 3.85. The molecule has 0 saturated carbocycles. The smallest absolute Gasteiger partial charge is 0.240 e. The van der Waals surface area contributed by atoms with Gasteiger partial charge in [-0.3, -0.25) is 4.79 Å². The second kappa shape index (κ2) is 10.2. The van der Waals surface area contributed by atoms with Crippen LogP contribution in [0.2, 0.25) is 0 Å². The van der Waals surface area contributed by atoms with Gasteiger partial charge < -0.3 is 5.32 Å². The molecule has 1 heterocycles. The minimum Gasteiger partial charge on any atom is -0.356 e. The standard InChI is InChI=1S/C26H28N4O3S/c1-19-17-20(2)30(29-19)24-10-7-21(8-11-24)13-15-27-26(31)14-16-28-34(32,33)25-12-9-22-5-3-4-6-23(22)18-25/h3-12,17-18,28H,13-16H2,1-2H3,(H,27,31). The number of hydrogen-bond donors (Lipinski definition) is 2. The first kappa shape index (κ1) is 23.7. The molecule has 0 bridgehead atoms. The van der Waals surface area contributed by atoms with Gasteiger partial charge in [0, 0.05) is 25.2 Å². The highest BCUT2D eigenvalue weighted by Gasteiger charge is 2.14. The number of aryl methyl sites for hydroxylation is 2. The van der Waals surface area contributed by atoms with Gasteiger partial charge in [0.05, 0.1) is 16.3 Å². The minimum absolute atomic E-state index is 0.0400. The second-order valence-corrected chi connectivity index (χ2v) is 10.0. The summed E-state index contributed by atoms with van der Waals surface area (Å²) in [6, 6.07) is 22.7. The van der Waals surface area contributed by atoms with Gasteiger partial charge in [0.1, 0.15) is 0 Å². The zero-order valence-corrected chi connectivity index (χ0v) is 20.1. The van der Waals surface area contributed by atoms with Crippen molar-refractivity contribution >= 4 is 26.7 Å². The number of sulfonamides is 1. The average molecular weight is 477 g/mol. The largest absolute Gasteiger partial charge is 0.356 e. The molecule has 0 saturated heterocycles. The Kier molecular flexibility index (Phi) is 7.09. The first-order valence-electron chi connectivity index (χ1n) is 11.2. The van der Waals surface area contributed by atoms with Crippen molar-refractivity contribution in [3.05, 3.63) is 89.7 Å². The van der Waals surface area contributed by atoms with E-state index in [0.717, 1.165) is 33.4 Å². The maximum Gasteiger partial charge on any atom is 0.240 e. The fraction of sp³-hybridized carbons (Fsp3) is 0.231. The normalized spacial score (nSPS) is 11.6. The average Bonchev–Trinajstić information content (AvgIpc) is 3.17. The van der Waals surface area contributed by atoms with Crippen LogP contribution in [-0.2, 0) is 21.2 Å². The molecule has 176 valence electrons. The number of aromatic nitrogens is 2. The van der Waals surface area contributed by atoms with E-state index in [-0.39, 0.29) is 23.8 Å². The molecule has 34 heavy (non-hydrogen) atoms. The molecule has 0 atom stereocenters. The van der Waals surface area contributed by atoms with Gasteiger partial charge in [-0.2, -0.15) is 5.10 Å². The first-order chi connectivity index (χ1) is 16.3. The molecule has 0 aliphatic rings. The van der Waals surface area contributed by atoms with Crippen molar-refractivity contribution < 1.29 is 13.2 Å². The number of rotatable bonds is 9. The molecular weight excluding hydrogens is 448 g/mol. The van der Waals surface area contributed by atoms with Crippen LogP contribution in [0.5, 0.6) is 0 Å². The van der Waals surface area contributed by atoms with E-state index in [2.05, 4.69) is 15.1 Å². The Hall–Kier alpha value is -3.49. The van der Waals surface area contributed by atoms with Crippen LogP contribution in [0.25, 0.3) is 16.5 Å². The third-order valence-corrected chi connectivity index (χ3v) is 7.06. The third-order valence-electron chi connectivity index (χ3n) is 5.60. The van der Waals surface area contributed by atoms with Crippen LogP contribution in [0, 0.1) is 13.8 Å². The van der Waals surface area contributed by atoms with Crippen molar-refractivity contribution in [3.8, 4) is 5.69 Å². The van der Waals surface area contributed by atoms with Crippen LogP contribution in [0.15, 0.2) is 77.7 Å². The van der Waals surface area contributed by atoms with E-state index in [1.165, 1.54) is 0 Å². The summed E-state index contributed by atoms with van der Waals surface area (Å²) in [6.45, 7) is 4.51. The second-order valence-electron chi connectivity index (χ2n) is 8.26. The molecule has 0 fully saturated rings. The summed E-state index contributed by atoms with van der Waals surface area (Å²) in [4.78, 5) is 12.3. The predicted octanol–water partition coefficient (Wildman–Crippen LogP) is 3.67. The highest BCUT2D eigenvalue weighted by atomic mass is 32.2. The van der Waals surface area contributed by atoms with Crippen molar-refractivity contribution in [2.24, 2.45) is 0 Å². The Bertz CT molecular complexity index is 1410. The van der Waals surface area contributed by atoms with Crippen LogP contribution >= 0.6 is 0 Å². The Morgan fingerprint density at radius 2 is 1.65 bits per heavy atom. The van der Waals surface area contributed by atoms with Gasteiger partial charge in [-0.1, -0.05) is 42.5 Å². The monoisotopic (exact) mass is 476 g/mol. The molecule has 0 radical (unpaired) electrons. The molecule has 7 nitrogen and oxygen atoms in total. The maximum absolute atomic E-state index is 12.6. The van der Waals surface area contributed by atoms with Gasteiger partial charge in [0.25, 0.3) is 0 Å². The molecule has 4 aromatic rings. The molecule has 2 N–H and O–H groups in total. The molecule has 0 unspecified atom stereocenters. The highest BCUT2D eigenvalue weighted by molar-refractivity contribution is 7.89. The molecule has 3 aromatic carbocycles. The summed E-state index contributed by atoms with van der Waals surface area (Å²) in [5, 5.41) is 9.16. The number of fused-ring (bicyclic) bond motifs is 1. The molecular formula is C26H28N4O3S. The molecule has 1 amide bonds. The van der Waals surface area contributed by atoms with Crippen LogP contribution in [-0.4, -0.2) is 37.2 Å². The van der Waals surface area contributed by atoms with Crippen LogP contribution in [0.1, 0.15) is 23.4 Å². The number of benzene rings is 3. The fourth-order valence-corrected chi connectivity index (χ4v) is 4.91. The quantitative estimate of drug-likeness (QED) is 0.386. The SMILES string of the molecule is Cc1cc(C)n(-c2ccc(CCNC(=O)CCNS(=O)(=O)c3ccc4ccccc4c3)cc2)n1. The maximum atomic E-state index is 12.6. The predicted molar refractivity (Wildman–Crippen MR) is 134 cm³/mol. The van der Waals surface area contributed by atoms with E-state index < -0.39 is 10.0 Å². The Morgan fingerprint density at radius 1 is 0.912 bits per heavy atom. The summed E-state index contributed by atoms with van der Waals surface area (Å²) in [6.07, 6.45) is 0.760. The Labute approximate surface area is 199 Å². The van der Waals surface area contributed by atoms with Crippen molar-refractivity contribution in [2.75, 3.05) is 13.1 Å². The summed E-state index contributed by atoms with van der Waals surface area (Å²) < 4.78 is 29.5. The van der Waals surface area contributed by atoms with E-state index in [9.17, 15) is 13.2 Å². The van der Waals surface area contributed by atoms with Crippen LogP contribution < -0.4 is 10.0 Å². The first-order valence-corrected chi connectivity index (χ1v) is 12.7. The van der Waals surface area contributed by atoms with Crippen molar-refractivity contribution in [2.45, 2.75) is 31.6 Å². The minimum atomic E-state index is -3.68. The number of carbonyl (C=O) groups excluding carboxylic acids is 1. The summed E-state index contributed by atoms with van der Waals surface area (Å²) in [5.74, 6) is -0.194. The summed E-state index contributed by atoms with van der Waals surface area (Å²) in [7, 11) is -3.68. The van der Waals surface area contributed by atoms with Gasteiger partial charge in [-0.15, -0.1) is 0 Å². The molecule has 0 aliphatic heterocycles. The number of nitrogens with one attached hydrogen (secondary N) is 2. The van der Waals surface area contributed by atoms with Gasteiger partial charge in [0.15, 0.2) is 0 Å². The lowest BCUT2D eigenvalue weighted by Crippen LogP contribution is -2.31. The van der Waals surface area contributed by atoms with E-state index in [1.54, 1.807) is 18.2 Å². The molecule has 0 aliphatic carbocycles. The van der Waals surface area contributed by atoms with Gasteiger partial charge in [-0.25, -0.2) is 17.8 Å². The third kappa shape index (κ3) is 5.70. The van der Waals surface area contributed by atoms with Gasteiger partial charge >= 0.3 is 0 Å². The Balaban J connectivity index is 1.22.